The Morgan fingerprint density at radius 1 is 1.35 bits per heavy atom. The summed E-state index contributed by atoms with van der Waals surface area (Å²) < 4.78 is 0.706. The number of aromatic nitrogens is 1. The van der Waals surface area contributed by atoms with Gasteiger partial charge in [0.1, 0.15) is 0 Å². The van der Waals surface area contributed by atoms with E-state index in [4.69, 9.17) is 11.6 Å². The van der Waals surface area contributed by atoms with Crippen LogP contribution in [0.25, 0.3) is 0 Å². The van der Waals surface area contributed by atoms with Crippen LogP contribution in [-0.2, 0) is 17.8 Å². The highest BCUT2D eigenvalue weighted by Crippen LogP contribution is 2.21. The molecule has 2 aromatic rings. The highest BCUT2D eigenvalue weighted by molar-refractivity contribution is 7.16. The van der Waals surface area contributed by atoms with Gasteiger partial charge >= 0.3 is 0 Å². The van der Waals surface area contributed by atoms with Crippen molar-refractivity contribution in [2.45, 2.75) is 13.0 Å². The topological polar surface area (TPSA) is 42.0 Å². The molecule has 0 saturated heterocycles. The number of nitrogens with one attached hydrogen (secondary N) is 1. The molecule has 88 valence electrons. The van der Waals surface area contributed by atoms with Crippen LogP contribution in [0.3, 0.4) is 0 Å². The zero-order chi connectivity index (χ0) is 12.1. The molecule has 2 aromatic heterocycles. The number of halogens is 1. The van der Waals surface area contributed by atoms with Crippen molar-refractivity contribution in [1.82, 2.24) is 10.3 Å². The van der Waals surface area contributed by atoms with Crippen LogP contribution in [0.5, 0.6) is 0 Å². The lowest BCUT2D eigenvalue weighted by atomic mass is 10.3. The second-order valence-electron chi connectivity index (χ2n) is 3.48. The molecule has 5 heteroatoms. The second kappa shape index (κ2) is 5.80. The molecule has 2 rings (SSSR count). The zero-order valence-corrected chi connectivity index (χ0v) is 10.6. The lowest BCUT2D eigenvalue weighted by Gasteiger charge is -2.03. The maximum absolute atomic E-state index is 11.6. The first-order valence-electron chi connectivity index (χ1n) is 5.15. The Balaban J connectivity index is 1.82. The lowest BCUT2D eigenvalue weighted by Crippen LogP contribution is -2.24. The molecule has 3 nitrogen and oxygen atoms in total. The molecule has 2 heterocycles. The van der Waals surface area contributed by atoms with E-state index in [9.17, 15) is 4.79 Å². The predicted octanol–water partition coefficient (Wildman–Crippen LogP) is 2.66. The average Bonchev–Trinajstić information content (AvgIpc) is 2.73. The fourth-order valence-corrected chi connectivity index (χ4v) is 2.45. The number of pyridine rings is 1. The molecule has 0 unspecified atom stereocenters. The largest absolute Gasteiger partial charge is 0.350 e. The van der Waals surface area contributed by atoms with Crippen LogP contribution in [0.4, 0.5) is 0 Å². The zero-order valence-electron chi connectivity index (χ0n) is 9.02. The molecule has 0 bridgehead atoms. The summed E-state index contributed by atoms with van der Waals surface area (Å²) in [5.41, 5.74) is 0.852. The lowest BCUT2D eigenvalue weighted by molar-refractivity contribution is -0.120. The highest BCUT2D eigenvalue weighted by atomic mass is 35.5. The van der Waals surface area contributed by atoms with Crippen molar-refractivity contribution in [3.05, 3.63) is 51.4 Å². The standard InChI is InChI=1S/C12H11ClN2OS/c13-11-5-4-10(17-11)7-12(16)15-8-9-3-1-2-6-14-9/h1-6H,7-8H2,(H,15,16). The summed E-state index contributed by atoms with van der Waals surface area (Å²) in [6, 6.07) is 9.29. The summed E-state index contributed by atoms with van der Waals surface area (Å²) in [6.45, 7) is 0.457. The van der Waals surface area contributed by atoms with Gasteiger partial charge in [0.15, 0.2) is 0 Å². The van der Waals surface area contributed by atoms with E-state index in [0.717, 1.165) is 10.6 Å². The number of hydrogen-bond acceptors (Lipinski definition) is 3. The summed E-state index contributed by atoms with van der Waals surface area (Å²) in [7, 11) is 0. The highest BCUT2D eigenvalue weighted by Gasteiger charge is 2.05. The predicted molar refractivity (Wildman–Crippen MR) is 69.1 cm³/mol. The smallest absolute Gasteiger partial charge is 0.225 e. The van der Waals surface area contributed by atoms with Gasteiger partial charge in [0.2, 0.25) is 5.91 Å². The maximum Gasteiger partial charge on any atom is 0.225 e. The quantitative estimate of drug-likeness (QED) is 0.924. The van der Waals surface area contributed by atoms with Crippen LogP contribution in [0.1, 0.15) is 10.6 Å². The van der Waals surface area contributed by atoms with E-state index < -0.39 is 0 Å². The van der Waals surface area contributed by atoms with Gasteiger partial charge in [-0.1, -0.05) is 17.7 Å². The van der Waals surface area contributed by atoms with Crippen LogP contribution in [0.15, 0.2) is 36.5 Å². The third kappa shape index (κ3) is 3.84. The van der Waals surface area contributed by atoms with Gasteiger partial charge in [0.05, 0.1) is 23.0 Å². The molecule has 1 N–H and O–H groups in total. The van der Waals surface area contributed by atoms with E-state index in [1.807, 2.05) is 24.3 Å². The minimum atomic E-state index is -0.0193. The summed E-state index contributed by atoms with van der Waals surface area (Å²) >= 11 is 7.22. The van der Waals surface area contributed by atoms with E-state index in [2.05, 4.69) is 10.3 Å². The van der Waals surface area contributed by atoms with Gasteiger partial charge < -0.3 is 5.32 Å². The Labute approximate surface area is 108 Å². The molecular formula is C12H11ClN2OS. The Bertz CT molecular complexity index is 498. The molecule has 0 spiro atoms. The Hall–Kier alpha value is -1.39. The number of carbonyl (C=O) groups excluding carboxylic acids is 1. The second-order valence-corrected chi connectivity index (χ2v) is 5.28. The molecule has 0 fully saturated rings. The van der Waals surface area contributed by atoms with Crippen molar-refractivity contribution in [3.63, 3.8) is 0 Å². The molecule has 1 amide bonds. The summed E-state index contributed by atoms with van der Waals surface area (Å²) in [5.74, 6) is -0.0193. The molecule has 0 aliphatic rings. The van der Waals surface area contributed by atoms with E-state index in [0.29, 0.717) is 17.3 Å². The third-order valence-electron chi connectivity index (χ3n) is 2.16. The van der Waals surface area contributed by atoms with Gasteiger partial charge in [-0.3, -0.25) is 9.78 Å². The van der Waals surface area contributed by atoms with Crippen LogP contribution < -0.4 is 5.32 Å². The first kappa shape index (κ1) is 12.1. The van der Waals surface area contributed by atoms with Crippen LogP contribution in [-0.4, -0.2) is 10.9 Å². The van der Waals surface area contributed by atoms with Crippen molar-refractivity contribution >= 4 is 28.8 Å². The number of carbonyl (C=O) groups is 1. The number of hydrogen-bond donors (Lipinski definition) is 1. The van der Waals surface area contributed by atoms with Gasteiger partial charge in [-0.05, 0) is 24.3 Å². The third-order valence-corrected chi connectivity index (χ3v) is 3.39. The Kier molecular flexibility index (Phi) is 4.12. The van der Waals surface area contributed by atoms with Gasteiger partial charge in [-0.15, -0.1) is 11.3 Å². The van der Waals surface area contributed by atoms with Gasteiger partial charge in [0.25, 0.3) is 0 Å². The molecule has 0 aliphatic heterocycles. The van der Waals surface area contributed by atoms with Crippen LogP contribution >= 0.6 is 22.9 Å². The molecule has 0 radical (unpaired) electrons. The molecule has 0 aromatic carbocycles. The number of rotatable bonds is 4. The first-order chi connectivity index (χ1) is 8.24. The van der Waals surface area contributed by atoms with Crippen molar-refractivity contribution in [2.24, 2.45) is 0 Å². The summed E-state index contributed by atoms with van der Waals surface area (Å²) in [5, 5.41) is 2.82. The first-order valence-corrected chi connectivity index (χ1v) is 6.34. The van der Waals surface area contributed by atoms with Crippen molar-refractivity contribution in [2.75, 3.05) is 0 Å². The van der Waals surface area contributed by atoms with Gasteiger partial charge in [-0.25, -0.2) is 0 Å². The van der Waals surface area contributed by atoms with Crippen molar-refractivity contribution in [1.29, 1.82) is 0 Å². The summed E-state index contributed by atoms with van der Waals surface area (Å²) in [6.07, 6.45) is 2.07. The molecular weight excluding hydrogens is 256 g/mol. The van der Waals surface area contributed by atoms with Gasteiger partial charge in [0, 0.05) is 11.1 Å². The maximum atomic E-state index is 11.6. The SMILES string of the molecule is O=C(Cc1ccc(Cl)s1)NCc1ccccn1. The fourth-order valence-electron chi connectivity index (χ4n) is 1.36. The minimum Gasteiger partial charge on any atom is -0.350 e. The molecule has 0 atom stereocenters. The van der Waals surface area contributed by atoms with E-state index >= 15 is 0 Å². The Morgan fingerprint density at radius 3 is 2.88 bits per heavy atom. The summed E-state index contributed by atoms with van der Waals surface area (Å²) in [4.78, 5) is 16.7. The van der Waals surface area contributed by atoms with E-state index in [1.54, 1.807) is 12.3 Å². The van der Waals surface area contributed by atoms with E-state index in [1.165, 1.54) is 11.3 Å². The van der Waals surface area contributed by atoms with E-state index in [-0.39, 0.29) is 5.91 Å². The number of amides is 1. The van der Waals surface area contributed by atoms with Crippen molar-refractivity contribution < 1.29 is 4.79 Å². The van der Waals surface area contributed by atoms with Gasteiger partial charge in [-0.2, -0.15) is 0 Å². The Morgan fingerprint density at radius 2 is 2.24 bits per heavy atom. The molecule has 0 saturated carbocycles. The average molecular weight is 267 g/mol. The fraction of sp³-hybridized carbons (Fsp3) is 0.167. The monoisotopic (exact) mass is 266 g/mol. The number of nitrogens with zero attached hydrogens (tertiary/aromatic N) is 1. The van der Waals surface area contributed by atoms with Crippen LogP contribution in [0, 0.1) is 0 Å². The molecule has 0 aliphatic carbocycles. The number of thiophene rings is 1. The normalized spacial score (nSPS) is 10.2. The minimum absolute atomic E-state index is 0.0193. The van der Waals surface area contributed by atoms with Crippen LogP contribution in [0.2, 0.25) is 4.34 Å². The molecule has 17 heavy (non-hydrogen) atoms. The van der Waals surface area contributed by atoms with Crippen molar-refractivity contribution in [3.8, 4) is 0 Å².